The summed E-state index contributed by atoms with van der Waals surface area (Å²) in [4.78, 5) is 24.5. The lowest BCUT2D eigenvalue weighted by atomic mass is 9.98. The third-order valence-electron chi connectivity index (χ3n) is 4.18. The first kappa shape index (κ1) is 22.9. The lowest BCUT2D eigenvalue weighted by Gasteiger charge is -2.23. The van der Waals surface area contributed by atoms with Crippen molar-refractivity contribution in [2.24, 2.45) is 5.92 Å². The second kappa shape index (κ2) is 14.0. The van der Waals surface area contributed by atoms with Crippen molar-refractivity contribution < 1.29 is 23.8 Å². The van der Waals surface area contributed by atoms with Crippen LogP contribution in [-0.2, 0) is 25.6 Å². The number of nitrogens with one attached hydrogen (secondary N) is 2. The number of methoxy groups -OCH3 is 1. The van der Waals surface area contributed by atoms with E-state index in [4.69, 9.17) is 14.2 Å². The molecule has 0 radical (unpaired) electrons. The van der Waals surface area contributed by atoms with Crippen LogP contribution in [0.1, 0.15) is 32.3 Å². The molecule has 0 saturated carbocycles. The highest BCUT2D eigenvalue weighted by Gasteiger charge is 2.26. The van der Waals surface area contributed by atoms with Crippen LogP contribution in [0.25, 0.3) is 0 Å². The number of ether oxygens (including phenoxy) is 3. The zero-order valence-electron chi connectivity index (χ0n) is 16.5. The summed E-state index contributed by atoms with van der Waals surface area (Å²) in [6.45, 7) is 6.19. The fourth-order valence-electron chi connectivity index (χ4n) is 2.33. The highest BCUT2D eigenvalue weighted by molar-refractivity contribution is 5.85. The Hall–Kier alpha value is -2.12. The van der Waals surface area contributed by atoms with E-state index in [9.17, 15) is 9.59 Å². The van der Waals surface area contributed by atoms with E-state index in [0.29, 0.717) is 32.8 Å². The Morgan fingerprint density at radius 1 is 1.11 bits per heavy atom. The van der Waals surface area contributed by atoms with Crippen molar-refractivity contribution in [1.29, 1.82) is 0 Å². The molecule has 0 spiro atoms. The zero-order valence-corrected chi connectivity index (χ0v) is 16.5. The Morgan fingerprint density at radius 3 is 2.52 bits per heavy atom. The third kappa shape index (κ3) is 9.96. The molecule has 0 unspecified atom stereocenters. The van der Waals surface area contributed by atoms with E-state index in [1.807, 2.05) is 44.2 Å². The van der Waals surface area contributed by atoms with Crippen LogP contribution in [-0.4, -0.2) is 51.5 Å². The van der Waals surface area contributed by atoms with Gasteiger partial charge in [0.15, 0.2) is 0 Å². The van der Waals surface area contributed by atoms with Crippen LogP contribution in [0.3, 0.4) is 0 Å². The van der Waals surface area contributed by atoms with Crippen LogP contribution >= 0.6 is 0 Å². The molecule has 27 heavy (non-hydrogen) atoms. The average Bonchev–Trinajstić information content (AvgIpc) is 2.69. The maximum Gasteiger partial charge on any atom is 0.408 e. The number of alkyl carbamates (subject to hydrolysis) is 1. The molecule has 1 aromatic carbocycles. The Balaban J connectivity index is 2.37. The lowest BCUT2D eigenvalue weighted by Crippen LogP contribution is -2.50. The minimum Gasteiger partial charge on any atom is -0.445 e. The second-order valence-electron chi connectivity index (χ2n) is 6.32. The SMILES string of the molecule is CC[C@H](C)[C@H](NC(=O)OCc1ccccc1)C(=O)NCCCOCCOC. The van der Waals surface area contributed by atoms with Gasteiger partial charge >= 0.3 is 6.09 Å². The molecule has 7 heteroatoms. The molecular formula is C20H32N2O5. The van der Waals surface area contributed by atoms with Crippen LogP contribution in [0.4, 0.5) is 4.79 Å². The van der Waals surface area contributed by atoms with Crippen molar-refractivity contribution >= 4 is 12.0 Å². The summed E-state index contributed by atoms with van der Waals surface area (Å²) < 4.78 is 15.5. The Labute approximate surface area is 161 Å². The summed E-state index contributed by atoms with van der Waals surface area (Å²) in [6, 6.07) is 8.78. The smallest absolute Gasteiger partial charge is 0.408 e. The fourth-order valence-corrected chi connectivity index (χ4v) is 2.33. The van der Waals surface area contributed by atoms with Gasteiger partial charge in [-0.1, -0.05) is 50.6 Å². The summed E-state index contributed by atoms with van der Waals surface area (Å²) in [7, 11) is 1.62. The predicted octanol–water partition coefficient (Wildman–Crippen LogP) is 2.50. The first-order valence-electron chi connectivity index (χ1n) is 9.40. The minimum absolute atomic E-state index is 0.00720. The quantitative estimate of drug-likeness (QED) is 0.514. The van der Waals surface area contributed by atoms with Crippen molar-refractivity contribution in [2.45, 2.75) is 39.3 Å². The molecule has 0 aliphatic rings. The van der Waals surface area contributed by atoms with Crippen LogP contribution in [0.2, 0.25) is 0 Å². The summed E-state index contributed by atoms with van der Waals surface area (Å²) in [5.74, 6) is -0.217. The van der Waals surface area contributed by atoms with Crippen LogP contribution in [0.5, 0.6) is 0 Å². The molecule has 0 saturated heterocycles. The van der Waals surface area contributed by atoms with Gasteiger partial charge in [-0.3, -0.25) is 4.79 Å². The van der Waals surface area contributed by atoms with Crippen molar-refractivity contribution in [3.05, 3.63) is 35.9 Å². The fraction of sp³-hybridized carbons (Fsp3) is 0.600. The van der Waals surface area contributed by atoms with E-state index in [0.717, 1.165) is 12.0 Å². The van der Waals surface area contributed by atoms with Gasteiger partial charge in [0.2, 0.25) is 5.91 Å². The van der Waals surface area contributed by atoms with Crippen LogP contribution in [0.15, 0.2) is 30.3 Å². The molecule has 0 aliphatic heterocycles. The molecular weight excluding hydrogens is 348 g/mol. The third-order valence-corrected chi connectivity index (χ3v) is 4.18. The van der Waals surface area contributed by atoms with Crippen molar-refractivity contribution in [2.75, 3.05) is 33.5 Å². The van der Waals surface area contributed by atoms with Gasteiger partial charge in [-0.2, -0.15) is 0 Å². The highest BCUT2D eigenvalue weighted by atomic mass is 16.5. The molecule has 152 valence electrons. The van der Waals surface area contributed by atoms with Gasteiger partial charge in [0.1, 0.15) is 12.6 Å². The molecule has 2 N–H and O–H groups in total. The molecule has 0 aliphatic carbocycles. The van der Waals surface area contributed by atoms with E-state index in [1.54, 1.807) is 7.11 Å². The van der Waals surface area contributed by atoms with Gasteiger partial charge in [0.25, 0.3) is 0 Å². The van der Waals surface area contributed by atoms with E-state index in [2.05, 4.69) is 10.6 Å². The number of rotatable bonds is 13. The molecule has 2 atom stereocenters. The van der Waals surface area contributed by atoms with Gasteiger partial charge in [-0.15, -0.1) is 0 Å². The molecule has 0 aromatic heterocycles. The van der Waals surface area contributed by atoms with Gasteiger partial charge in [-0.05, 0) is 17.9 Å². The van der Waals surface area contributed by atoms with Gasteiger partial charge in [0.05, 0.1) is 13.2 Å². The Morgan fingerprint density at radius 2 is 1.85 bits per heavy atom. The molecule has 0 heterocycles. The molecule has 0 bridgehead atoms. The van der Waals surface area contributed by atoms with E-state index in [-0.39, 0.29) is 18.4 Å². The first-order valence-corrected chi connectivity index (χ1v) is 9.40. The number of carbonyl (C=O) groups is 2. The van der Waals surface area contributed by atoms with Crippen LogP contribution in [0, 0.1) is 5.92 Å². The van der Waals surface area contributed by atoms with E-state index in [1.165, 1.54) is 0 Å². The number of carbonyl (C=O) groups excluding carboxylic acids is 2. The maximum absolute atomic E-state index is 12.4. The number of hydrogen-bond donors (Lipinski definition) is 2. The monoisotopic (exact) mass is 380 g/mol. The normalized spacial score (nSPS) is 12.9. The van der Waals surface area contributed by atoms with Gasteiger partial charge in [-0.25, -0.2) is 4.79 Å². The maximum atomic E-state index is 12.4. The molecule has 2 amide bonds. The zero-order chi connectivity index (χ0) is 19.9. The predicted molar refractivity (Wildman–Crippen MR) is 103 cm³/mol. The molecule has 1 rings (SSSR count). The summed E-state index contributed by atoms with van der Waals surface area (Å²) >= 11 is 0. The standard InChI is InChI=1S/C20H32N2O5/c1-4-16(2)18(19(23)21-11-8-12-26-14-13-25-3)22-20(24)27-15-17-9-6-5-7-10-17/h5-7,9-10,16,18H,4,8,11-15H2,1-3H3,(H,21,23)(H,22,24)/t16-,18-/m0/s1. The number of amides is 2. The Kier molecular flexibility index (Phi) is 11.9. The summed E-state index contributed by atoms with van der Waals surface area (Å²) in [6.07, 6.45) is 0.861. The molecule has 1 aromatic rings. The molecule has 7 nitrogen and oxygen atoms in total. The van der Waals surface area contributed by atoms with Crippen molar-refractivity contribution in [3.63, 3.8) is 0 Å². The summed E-state index contributed by atoms with van der Waals surface area (Å²) in [5.41, 5.74) is 0.894. The van der Waals surface area contributed by atoms with E-state index >= 15 is 0 Å². The largest absolute Gasteiger partial charge is 0.445 e. The summed E-state index contributed by atoms with van der Waals surface area (Å²) in [5, 5.41) is 5.53. The van der Waals surface area contributed by atoms with Gasteiger partial charge < -0.3 is 24.8 Å². The molecule has 0 fully saturated rings. The average molecular weight is 380 g/mol. The lowest BCUT2D eigenvalue weighted by molar-refractivity contribution is -0.124. The number of benzene rings is 1. The van der Waals surface area contributed by atoms with Crippen LogP contribution < -0.4 is 10.6 Å². The van der Waals surface area contributed by atoms with E-state index < -0.39 is 12.1 Å². The van der Waals surface area contributed by atoms with Crippen molar-refractivity contribution in [3.8, 4) is 0 Å². The van der Waals surface area contributed by atoms with Gasteiger partial charge in [0, 0.05) is 20.3 Å². The minimum atomic E-state index is -0.632. The van der Waals surface area contributed by atoms with Crippen molar-refractivity contribution in [1.82, 2.24) is 10.6 Å². The number of hydrogen-bond acceptors (Lipinski definition) is 5. The highest BCUT2D eigenvalue weighted by Crippen LogP contribution is 2.09. The topological polar surface area (TPSA) is 85.9 Å². The Bertz CT molecular complexity index is 538. The second-order valence-corrected chi connectivity index (χ2v) is 6.32. The first-order chi connectivity index (χ1) is 13.1.